The molecule has 0 aliphatic heterocycles. The average Bonchev–Trinajstić information content (AvgIpc) is 2.62. The minimum Gasteiger partial charge on any atom is -0.329 e. The van der Waals surface area contributed by atoms with Gasteiger partial charge in [0.05, 0.1) is 0 Å². The van der Waals surface area contributed by atoms with Crippen molar-refractivity contribution in [1.29, 1.82) is 0 Å². The maximum atomic E-state index is 11.8. The van der Waals surface area contributed by atoms with Gasteiger partial charge in [0, 0.05) is 19.4 Å². The van der Waals surface area contributed by atoms with Gasteiger partial charge in [0.15, 0.2) is 0 Å². The van der Waals surface area contributed by atoms with Crippen molar-refractivity contribution in [2.75, 3.05) is 6.54 Å². The molecule has 0 radical (unpaired) electrons. The summed E-state index contributed by atoms with van der Waals surface area (Å²) >= 11 is 0. The van der Waals surface area contributed by atoms with Crippen molar-refractivity contribution in [2.45, 2.75) is 121 Å². The summed E-state index contributed by atoms with van der Waals surface area (Å²) in [7, 11) is -4.22. The van der Waals surface area contributed by atoms with Gasteiger partial charge in [-0.3, -0.25) is 9.35 Å². The topological polar surface area (TPSA) is 97.5 Å². The van der Waals surface area contributed by atoms with Crippen LogP contribution < -0.4 is 5.73 Å². The van der Waals surface area contributed by atoms with Crippen LogP contribution in [0.25, 0.3) is 0 Å². The summed E-state index contributed by atoms with van der Waals surface area (Å²) < 4.78 is 31.0. The molecule has 0 aliphatic carbocycles. The first-order chi connectivity index (χ1) is 12.9. The second-order valence-electron chi connectivity index (χ2n) is 7.82. The SMILES string of the molecule is CCCCCCCCCCCCCCCCCC(=O)CC(CN)S(=O)(=O)O. The molecule has 1 unspecified atom stereocenters. The monoisotopic (exact) mass is 405 g/mol. The van der Waals surface area contributed by atoms with E-state index in [0.29, 0.717) is 6.42 Å². The van der Waals surface area contributed by atoms with Crippen LogP contribution in [-0.4, -0.2) is 30.5 Å². The van der Waals surface area contributed by atoms with Gasteiger partial charge < -0.3 is 5.73 Å². The molecule has 5 nitrogen and oxygen atoms in total. The Morgan fingerprint density at radius 1 is 0.778 bits per heavy atom. The van der Waals surface area contributed by atoms with Crippen LogP contribution in [0.3, 0.4) is 0 Å². The lowest BCUT2D eigenvalue weighted by atomic mass is 10.0. The Morgan fingerprint density at radius 3 is 1.48 bits per heavy atom. The van der Waals surface area contributed by atoms with Gasteiger partial charge in [-0.15, -0.1) is 0 Å². The van der Waals surface area contributed by atoms with Gasteiger partial charge in [0.2, 0.25) is 0 Å². The normalized spacial score (nSPS) is 13.0. The van der Waals surface area contributed by atoms with Gasteiger partial charge in [-0.25, -0.2) is 0 Å². The summed E-state index contributed by atoms with van der Waals surface area (Å²) in [5, 5.41) is -1.15. The van der Waals surface area contributed by atoms with Crippen molar-refractivity contribution in [3.05, 3.63) is 0 Å². The van der Waals surface area contributed by atoms with Crippen LogP contribution in [-0.2, 0) is 14.9 Å². The summed E-state index contributed by atoms with van der Waals surface area (Å²) in [5.74, 6) is -0.127. The van der Waals surface area contributed by atoms with E-state index in [-0.39, 0.29) is 18.7 Å². The molecule has 0 heterocycles. The molecule has 0 aliphatic rings. The predicted octanol–water partition coefficient (Wildman–Crippen LogP) is 5.42. The second-order valence-corrected chi connectivity index (χ2v) is 9.51. The van der Waals surface area contributed by atoms with Crippen LogP contribution in [0.4, 0.5) is 0 Å². The maximum absolute atomic E-state index is 11.8. The van der Waals surface area contributed by atoms with Crippen LogP contribution in [0.1, 0.15) is 116 Å². The Labute approximate surface area is 167 Å². The molecule has 0 aromatic carbocycles. The molecule has 0 spiro atoms. The zero-order valence-corrected chi connectivity index (χ0v) is 18.3. The number of hydrogen-bond donors (Lipinski definition) is 2. The number of unbranched alkanes of at least 4 members (excludes halogenated alkanes) is 14. The molecule has 0 aromatic rings. The number of nitrogens with two attached hydrogens (primary N) is 1. The number of rotatable bonds is 20. The van der Waals surface area contributed by atoms with Gasteiger partial charge in [0.1, 0.15) is 11.0 Å². The van der Waals surface area contributed by atoms with Gasteiger partial charge >= 0.3 is 0 Å². The van der Waals surface area contributed by atoms with Gasteiger partial charge in [-0.05, 0) is 6.42 Å². The molecule has 0 rings (SSSR count). The van der Waals surface area contributed by atoms with E-state index in [2.05, 4.69) is 6.92 Å². The fourth-order valence-electron chi connectivity index (χ4n) is 3.36. The van der Waals surface area contributed by atoms with Gasteiger partial charge in [0.25, 0.3) is 10.1 Å². The van der Waals surface area contributed by atoms with Crippen molar-refractivity contribution in [3.63, 3.8) is 0 Å². The van der Waals surface area contributed by atoms with E-state index < -0.39 is 15.4 Å². The standard InChI is InChI=1S/C21H43NO4S/c1-2-3-4-5-6-7-8-9-10-11-12-13-14-15-16-17-20(23)18-21(19-22)27(24,25)26/h21H,2-19,22H2,1H3,(H,24,25,26). The molecule has 0 aromatic heterocycles. The quantitative estimate of drug-likeness (QED) is 0.208. The third kappa shape index (κ3) is 17.4. The average molecular weight is 406 g/mol. The molecule has 1 atom stereocenters. The first-order valence-corrected chi connectivity index (χ1v) is 12.6. The largest absolute Gasteiger partial charge is 0.329 e. The summed E-state index contributed by atoms with van der Waals surface area (Å²) in [6.45, 7) is 2.04. The smallest absolute Gasteiger partial charge is 0.269 e. The van der Waals surface area contributed by atoms with E-state index in [0.717, 1.165) is 19.3 Å². The number of carbonyl (C=O) groups excluding carboxylic acids is 1. The molecule has 3 N–H and O–H groups in total. The first-order valence-electron chi connectivity index (χ1n) is 11.1. The Morgan fingerprint density at radius 2 is 1.15 bits per heavy atom. The van der Waals surface area contributed by atoms with Crippen molar-refractivity contribution in [2.24, 2.45) is 5.73 Å². The summed E-state index contributed by atoms with van der Waals surface area (Å²) in [4.78, 5) is 11.8. The minimum atomic E-state index is -4.22. The Balaban J connectivity index is 3.37. The highest BCUT2D eigenvalue weighted by molar-refractivity contribution is 7.86. The van der Waals surface area contributed by atoms with Crippen molar-refractivity contribution >= 4 is 15.9 Å². The molecular formula is C21H43NO4S. The van der Waals surface area contributed by atoms with E-state index in [4.69, 9.17) is 10.3 Å². The lowest BCUT2D eigenvalue weighted by Gasteiger charge is -2.10. The highest BCUT2D eigenvalue weighted by atomic mass is 32.2. The van der Waals surface area contributed by atoms with Crippen molar-refractivity contribution in [3.8, 4) is 0 Å². The van der Waals surface area contributed by atoms with Crippen LogP contribution >= 0.6 is 0 Å². The van der Waals surface area contributed by atoms with E-state index in [1.165, 1.54) is 77.0 Å². The van der Waals surface area contributed by atoms with Crippen LogP contribution in [0.5, 0.6) is 0 Å². The van der Waals surface area contributed by atoms with E-state index in [1.54, 1.807) is 0 Å². The molecule has 0 amide bonds. The van der Waals surface area contributed by atoms with Crippen molar-refractivity contribution in [1.82, 2.24) is 0 Å². The highest BCUT2D eigenvalue weighted by Crippen LogP contribution is 2.14. The number of hydrogen-bond acceptors (Lipinski definition) is 4. The molecule has 27 heavy (non-hydrogen) atoms. The maximum Gasteiger partial charge on any atom is 0.269 e. The fourth-order valence-corrected chi connectivity index (χ4v) is 4.00. The molecule has 0 saturated heterocycles. The van der Waals surface area contributed by atoms with Gasteiger partial charge in [-0.1, -0.05) is 96.8 Å². The van der Waals surface area contributed by atoms with Crippen LogP contribution in [0.15, 0.2) is 0 Å². The Hall–Kier alpha value is -0.460. The van der Waals surface area contributed by atoms with Gasteiger partial charge in [-0.2, -0.15) is 8.42 Å². The lowest BCUT2D eigenvalue weighted by molar-refractivity contribution is -0.119. The first kappa shape index (κ1) is 26.5. The number of Topliss-reactive ketones (excluding diaryl/α,β-unsaturated/α-hetero) is 1. The van der Waals surface area contributed by atoms with E-state index in [1.807, 2.05) is 0 Å². The molecule has 6 heteroatoms. The molecule has 0 bridgehead atoms. The summed E-state index contributed by atoms with van der Waals surface area (Å²) in [6, 6.07) is 0. The number of carbonyl (C=O) groups is 1. The third-order valence-electron chi connectivity index (χ3n) is 5.20. The minimum absolute atomic E-state index is 0.127. The Bertz CT molecular complexity index is 451. The molecule has 162 valence electrons. The molecule has 0 fully saturated rings. The van der Waals surface area contributed by atoms with Crippen molar-refractivity contribution < 1.29 is 17.8 Å². The fraction of sp³-hybridized carbons (Fsp3) is 0.952. The Kier molecular flexibility index (Phi) is 17.3. The second kappa shape index (κ2) is 17.6. The zero-order valence-electron chi connectivity index (χ0n) is 17.5. The van der Waals surface area contributed by atoms with Crippen LogP contribution in [0, 0.1) is 0 Å². The lowest BCUT2D eigenvalue weighted by Crippen LogP contribution is -2.31. The summed E-state index contributed by atoms with van der Waals surface area (Å²) in [5.41, 5.74) is 5.30. The predicted molar refractivity (Wildman–Crippen MR) is 114 cm³/mol. The zero-order chi connectivity index (χ0) is 20.4. The highest BCUT2D eigenvalue weighted by Gasteiger charge is 2.23. The van der Waals surface area contributed by atoms with E-state index in [9.17, 15) is 13.2 Å². The van der Waals surface area contributed by atoms with E-state index >= 15 is 0 Å². The number of ketones is 1. The molecule has 0 saturated carbocycles. The summed E-state index contributed by atoms with van der Waals surface area (Å²) in [6.07, 6.45) is 19.3. The third-order valence-corrected chi connectivity index (χ3v) is 6.40. The molecular weight excluding hydrogens is 362 g/mol. The van der Waals surface area contributed by atoms with Crippen LogP contribution in [0.2, 0.25) is 0 Å².